The van der Waals surface area contributed by atoms with Crippen molar-refractivity contribution in [1.82, 2.24) is 0 Å². The molecule has 2 aromatic carbocycles. The lowest BCUT2D eigenvalue weighted by Crippen LogP contribution is -2.08. The molecule has 2 aromatic rings. The lowest BCUT2D eigenvalue weighted by atomic mass is 10.3. The molecule has 0 saturated heterocycles. The van der Waals surface area contributed by atoms with Gasteiger partial charge < -0.3 is 10.9 Å². The van der Waals surface area contributed by atoms with Crippen molar-refractivity contribution in [2.45, 2.75) is 0 Å². The molecule has 82 valence electrons. The third-order valence-electron chi connectivity index (χ3n) is 2.00. The number of halogens is 2. The fourth-order valence-electron chi connectivity index (χ4n) is 1.28. The lowest BCUT2D eigenvalue weighted by Gasteiger charge is -2.09. The van der Waals surface area contributed by atoms with Crippen molar-refractivity contribution in [3.05, 3.63) is 59.4 Å². The lowest BCUT2D eigenvalue weighted by molar-refractivity contribution is 0.628. The molecule has 0 fully saturated rings. The number of anilines is 2. The highest BCUT2D eigenvalue weighted by Crippen LogP contribution is 2.16. The second-order valence-corrected chi connectivity index (χ2v) is 3.71. The van der Waals surface area contributed by atoms with Gasteiger partial charge in [-0.3, -0.25) is 0 Å². The first-order chi connectivity index (χ1) is 7.74. The van der Waals surface area contributed by atoms with Gasteiger partial charge >= 0.3 is 0 Å². The molecule has 0 radical (unpaired) electrons. The first-order valence-corrected chi connectivity index (χ1v) is 5.15. The fourth-order valence-corrected chi connectivity index (χ4v) is 1.47. The Balaban J connectivity index is 2.02. The Morgan fingerprint density at radius 2 is 1.50 bits per heavy atom. The van der Waals surface area contributed by atoms with Crippen molar-refractivity contribution >= 4 is 23.0 Å². The Bertz CT molecular complexity index is 442. The molecule has 2 rings (SSSR count). The second-order valence-electron chi connectivity index (χ2n) is 3.27. The molecule has 0 atom stereocenters. The topological polar surface area (TPSA) is 24.1 Å². The van der Waals surface area contributed by atoms with Gasteiger partial charge in [0.1, 0.15) is 5.82 Å². The van der Waals surface area contributed by atoms with Gasteiger partial charge in [-0.25, -0.2) is 4.39 Å². The molecule has 0 aliphatic heterocycles. The van der Waals surface area contributed by atoms with Crippen LogP contribution in [0.4, 0.5) is 15.8 Å². The third kappa shape index (κ3) is 2.87. The predicted octanol–water partition coefficient (Wildman–Crippen LogP) is 3.92. The molecule has 0 unspecified atom stereocenters. The van der Waals surface area contributed by atoms with Crippen molar-refractivity contribution in [2.24, 2.45) is 0 Å². The Morgan fingerprint density at radius 3 is 2.12 bits per heavy atom. The average Bonchev–Trinajstić information content (AvgIpc) is 2.27. The SMILES string of the molecule is Fc1cccc(NNc2cccc(Cl)c2)c1. The molecule has 0 aromatic heterocycles. The fraction of sp³-hybridized carbons (Fsp3) is 0. The second kappa shape index (κ2) is 4.86. The van der Waals surface area contributed by atoms with Crippen molar-refractivity contribution in [1.29, 1.82) is 0 Å². The van der Waals surface area contributed by atoms with E-state index in [1.165, 1.54) is 12.1 Å². The molecule has 16 heavy (non-hydrogen) atoms. The van der Waals surface area contributed by atoms with Crippen LogP contribution >= 0.6 is 11.6 Å². The summed E-state index contributed by atoms with van der Waals surface area (Å²) in [4.78, 5) is 0. The quantitative estimate of drug-likeness (QED) is 0.790. The van der Waals surface area contributed by atoms with E-state index in [1.807, 2.05) is 12.1 Å². The summed E-state index contributed by atoms with van der Waals surface area (Å²) in [5.74, 6) is -0.280. The van der Waals surface area contributed by atoms with Gasteiger partial charge in [0.25, 0.3) is 0 Å². The van der Waals surface area contributed by atoms with Crippen molar-refractivity contribution < 1.29 is 4.39 Å². The minimum Gasteiger partial charge on any atom is -0.301 e. The summed E-state index contributed by atoms with van der Waals surface area (Å²) >= 11 is 5.82. The maximum Gasteiger partial charge on any atom is 0.125 e. The summed E-state index contributed by atoms with van der Waals surface area (Å²) in [7, 11) is 0. The van der Waals surface area contributed by atoms with E-state index in [4.69, 9.17) is 11.6 Å². The Hall–Kier alpha value is -1.74. The molecular formula is C12H10ClFN2. The van der Waals surface area contributed by atoms with Gasteiger partial charge in [0, 0.05) is 5.02 Å². The Labute approximate surface area is 98.0 Å². The summed E-state index contributed by atoms with van der Waals surface area (Å²) in [6.45, 7) is 0. The number of hydrogen-bond donors (Lipinski definition) is 2. The molecular weight excluding hydrogens is 227 g/mol. The first kappa shape index (κ1) is 10.8. The highest BCUT2D eigenvalue weighted by Gasteiger charge is 1.95. The van der Waals surface area contributed by atoms with Crippen molar-refractivity contribution in [2.75, 3.05) is 10.9 Å². The summed E-state index contributed by atoms with van der Waals surface area (Å²) < 4.78 is 12.9. The smallest absolute Gasteiger partial charge is 0.125 e. The normalized spacial score (nSPS) is 9.88. The Morgan fingerprint density at radius 1 is 0.875 bits per heavy atom. The van der Waals surface area contributed by atoms with E-state index in [-0.39, 0.29) is 5.82 Å². The first-order valence-electron chi connectivity index (χ1n) is 4.77. The molecule has 0 aliphatic rings. The van der Waals surface area contributed by atoms with E-state index in [0.29, 0.717) is 10.7 Å². The maximum absolute atomic E-state index is 12.9. The number of hydrogen-bond acceptors (Lipinski definition) is 2. The van der Waals surface area contributed by atoms with Crippen LogP contribution in [0.15, 0.2) is 48.5 Å². The molecule has 0 heterocycles. The molecule has 0 amide bonds. The summed E-state index contributed by atoms with van der Waals surface area (Å²) in [6, 6.07) is 13.4. The van der Waals surface area contributed by atoms with Gasteiger partial charge in [0.15, 0.2) is 0 Å². The highest BCUT2D eigenvalue weighted by molar-refractivity contribution is 6.30. The zero-order valence-electron chi connectivity index (χ0n) is 8.37. The van der Waals surface area contributed by atoms with E-state index in [2.05, 4.69) is 10.9 Å². The van der Waals surface area contributed by atoms with E-state index in [0.717, 1.165) is 5.69 Å². The molecule has 2 N–H and O–H groups in total. The monoisotopic (exact) mass is 236 g/mol. The van der Waals surface area contributed by atoms with Crippen LogP contribution in [0.1, 0.15) is 0 Å². The average molecular weight is 237 g/mol. The maximum atomic E-state index is 12.9. The van der Waals surface area contributed by atoms with Gasteiger partial charge in [-0.05, 0) is 36.4 Å². The summed E-state index contributed by atoms with van der Waals surface area (Å²) in [5, 5.41) is 0.644. The number of hydrazine groups is 1. The van der Waals surface area contributed by atoms with Gasteiger partial charge in [-0.2, -0.15) is 0 Å². The van der Waals surface area contributed by atoms with Crippen LogP contribution in [0.25, 0.3) is 0 Å². The summed E-state index contributed by atoms with van der Waals surface area (Å²) in [5.41, 5.74) is 7.28. The molecule has 2 nitrogen and oxygen atoms in total. The van der Waals surface area contributed by atoms with E-state index in [1.54, 1.807) is 24.3 Å². The molecule has 0 spiro atoms. The Kier molecular flexibility index (Phi) is 3.27. The molecule has 0 aliphatic carbocycles. The van der Waals surface area contributed by atoms with Crippen LogP contribution in [0.2, 0.25) is 5.02 Å². The van der Waals surface area contributed by atoms with Gasteiger partial charge in [0.2, 0.25) is 0 Å². The van der Waals surface area contributed by atoms with Gasteiger partial charge in [-0.1, -0.05) is 23.7 Å². The highest BCUT2D eigenvalue weighted by atomic mass is 35.5. The molecule has 4 heteroatoms. The molecule has 0 bridgehead atoms. The minimum atomic E-state index is -0.280. The van der Waals surface area contributed by atoms with Crippen LogP contribution in [-0.2, 0) is 0 Å². The van der Waals surface area contributed by atoms with Gasteiger partial charge in [-0.15, -0.1) is 0 Å². The van der Waals surface area contributed by atoms with Crippen LogP contribution in [0.5, 0.6) is 0 Å². The third-order valence-corrected chi connectivity index (χ3v) is 2.24. The summed E-state index contributed by atoms with van der Waals surface area (Å²) in [6.07, 6.45) is 0. The predicted molar refractivity (Wildman–Crippen MR) is 65.1 cm³/mol. The van der Waals surface area contributed by atoms with Crippen LogP contribution in [-0.4, -0.2) is 0 Å². The van der Waals surface area contributed by atoms with E-state index >= 15 is 0 Å². The van der Waals surface area contributed by atoms with Crippen LogP contribution in [0, 0.1) is 5.82 Å². The minimum absolute atomic E-state index is 0.280. The standard InChI is InChI=1S/C12H10ClFN2/c13-9-3-1-5-11(7-9)15-16-12-6-2-4-10(14)8-12/h1-8,15-16H. The van der Waals surface area contributed by atoms with E-state index < -0.39 is 0 Å². The van der Waals surface area contributed by atoms with E-state index in [9.17, 15) is 4.39 Å². The van der Waals surface area contributed by atoms with Crippen molar-refractivity contribution in [3.63, 3.8) is 0 Å². The van der Waals surface area contributed by atoms with Crippen molar-refractivity contribution in [3.8, 4) is 0 Å². The van der Waals surface area contributed by atoms with Crippen LogP contribution in [0.3, 0.4) is 0 Å². The largest absolute Gasteiger partial charge is 0.301 e. The number of benzene rings is 2. The van der Waals surface area contributed by atoms with Crippen LogP contribution < -0.4 is 10.9 Å². The number of rotatable bonds is 3. The molecule has 0 saturated carbocycles. The zero-order chi connectivity index (χ0) is 11.4. The van der Waals surface area contributed by atoms with Gasteiger partial charge in [0.05, 0.1) is 11.4 Å². The zero-order valence-corrected chi connectivity index (χ0v) is 9.13. The number of nitrogens with one attached hydrogen (secondary N) is 2.